The highest BCUT2D eigenvalue weighted by Crippen LogP contribution is 2.31. The van der Waals surface area contributed by atoms with Crippen molar-refractivity contribution >= 4 is 21.7 Å². The molecule has 1 heterocycles. The van der Waals surface area contributed by atoms with Crippen molar-refractivity contribution in [1.82, 2.24) is 0 Å². The van der Waals surface area contributed by atoms with E-state index in [1.807, 2.05) is 13.8 Å². The molecule has 1 aliphatic rings. The molecule has 2 rings (SSSR count). The number of fused-ring (bicyclic) bond motifs is 1. The Hall–Kier alpha value is -1.76. The van der Waals surface area contributed by atoms with E-state index in [0.29, 0.717) is 17.0 Å². The van der Waals surface area contributed by atoms with E-state index >= 15 is 0 Å². The molecule has 0 saturated heterocycles. The van der Waals surface area contributed by atoms with Crippen molar-refractivity contribution in [2.75, 3.05) is 4.72 Å². The number of nitrogens with zero attached hydrogens (tertiary/aromatic N) is 1. The SMILES string of the molecule is CCC(C)Oc1cccc2c1C(N)=NS(=O)(=O)N2. The molecule has 98 valence electrons. The lowest BCUT2D eigenvalue weighted by Crippen LogP contribution is -2.27. The first kappa shape index (κ1) is 12.7. The number of anilines is 1. The highest BCUT2D eigenvalue weighted by molar-refractivity contribution is 7.91. The number of benzene rings is 1. The van der Waals surface area contributed by atoms with Gasteiger partial charge in [0.15, 0.2) is 5.84 Å². The van der Waals surface area contributed by atoms with Crippen LogP contribution < -0.4 is 15.2 Å². The first-order chi connectivity index (χ1) is 8.43. The van der Waals surface area contributed by atoms with Gasteiger partial charge in [-0.1, -0.05) is 13.0 Å². The van der Waals surface area contributed by atoms with Gasteiger partial charge in [0.05, 0.1) is 17.4 Å². The largest absolute Gasteiger partial charge is 0.490 e. The summed E-state index contributed by atoms with van der Waals surface area (Å²) in [5.74, 6) is 0.480. The first-order valence-corrected chi connectivity index (χ1v) is 7.05. The fourth-order valence-corrected chi connectivity index (χ4v) is 2.46. The van der Waals surface area contributed by atoms with E-state index in [9.17, 15) is 8.42 Å². The van der Waals surface area contributed by atoms with Crippen LogP contribution in [-0.2, 0) is 10.2 Å². The summed E-state index contributed by atoms with van der Waals surface area (Å²) in [6.07, 6.45) is 0.856. The van der Waals surface area contributed by atoms with Crippen molar-refractivity contribution in [3.63, 3.8) is 0 Å². The van der Waals surface area contributed by atoms with E-state index < -0.39 is 10.2 Å². The Kier molecular flexibility index (Phi) is 3.16. The van der Waals surface area contributed by atoms with E-state index in [-0.39, 0.29) is 11.9 Å². The number of hydrogen-bond acceptors (Lipinski definition) is 4. The number of nitrogens with two attached hydrogens (primary N) is 1. The molecule has 1 unspecified atom stereocenters. The van der Waals surface area contributed by atoms with Crippen LogP contribution in [0.2, 0.25) is 0 Å². The van der Waals surface area contributed by atoms with Crippen LogP contribution in [0.25, 0.3) is 0 Å². The number of ether oxygens (including phenoxy) is 1. The second-order valence-electron chi connectivity index (χ2n) is 4.07. The second-order valence-corrected chi connectivity index (χ2v) is 5.41. The zero-order chi connectivity index (χ0) is 13.3. The van der Waals surface area contributed by atoms with Gasteiger partial charge in [-0.05, 0) is 25.5 Å². The number of amidine groups is 1. The van der Waals surface area contributed by atoms with E-state index in [0.717, 1.165) is 6.42 Å². The summed E-state index contributed by atoms with van der Waals surface area (Å²) in [6, 6.07) is 5.07. The summed E-state index contributed by atoms with van der Waals surface area (Å²) in [7, 11) is -3.74. The van der Waals surface area contributed by atoms with Gasteiger partial charge in [-0.2, -0.15) is 8.42 Å². The Labute approximate surface area is 106 Å². The van der Waals surface area contributed by atoms with Crippen LogP contribution in [0, 0.1) is 0 Å². The summed E-state index contributed by atoms with van der Waals surface area (Å²) < 4.78 is 34.2. The van der Waals surface area contributed by atoms with Gasteiger partial charge in [-0.25, -0.2) is 0 Å². The van der Waals surface area contributed by atoms with Gasteiger partial charge in [0, 0.05) is 0 Å². The molecule has 0 bridgehead atoms. The monoisotopic (exact) mass is 269 g/mol. The average Bonchev–Trinajstić information content (AvgIpc) is 2.26. The molecule has 18 heavy (non-hydrogen) atoms. The predicted molar refractivity (Wildman–Crippen MR) is 70.1 cm³/mol. The number of rotatable bonds is 3. The van der Waals surface area contributed by atoms with Crippen LogP contribution in [0.3, 0.4) is 0 Å². The van der Waals surface area contributed by atoms with Crippen molar-refractivity contribution < 1.29 is 13.2 Å². The van der Waals surface area contributed by atoms with Crippen LogP contribution in [0.5, 0.6) is 5.75 Å². The number of nitrogens with one attached hydrogen (secondary N) is 1. The van der Waals surface area contributed by atoms with Gasteiger partial charge in [-0.3, -0.25) is 4.72 Å². The fourth-order valence-electron chi connectivity index (χ4n) is 1.62. The Bertz CT molecular complexity index is 596. The van der Waals surface area contributed by atoms with Gasteiger partial charge in [0.25, 0.3) is 0 Å². The Morgan fingerprint density at radius 2 is 2.22 bits per heavy atom. The molecular formula is C11H15N3O3S. The smallest absolute Gasteiger partial charge is 0.344 e. The molecule has 1 aliphatic heterocycles. The van der Waals surface area contributed by atoms with Gasteiger partial charge in [0.1, 0.15) is 5.75 Å². The van der Waals surface area contributed by atoms with E-state index in [4.69, 9.17) is 10.5 Å². The third kappa shape index (κ3) is 2.40. The highest BCUT2D eigenvalue weighted by atomic mass is 32.2. The molecule has 1 aromatic rings. The van der Waals surface area contributed by atoms with Crippen molar-refractivity contribution in [2.45, 2.75) is 26.4 Å². The molecule has 7 heteroatoms. The minimum absolute atomic E-state index is 0.0165. The first-order valence-electron chi connectivity index (χ1n) is 5.61. The quantitative estimate of drug-likeness (QED) is 0.863. The standard InChI is InChI=1S/C11H15N3O3S/c1-3-7(2)17-9-6-4-5-8-10(9)11(12)14-18(15,16)13-8/h4-7,13H,3H2,1-2H3,(H2,12,14). The normalized spacial score (nSPS) is 18.2. The molecule has 0 spiro atoms. The highest BCUT2D eigenvalue weighted by Gasteiger charge is 2.24. The molecule has 0 fully saturated rings. The summed E-state index contributed by atoms with van der Waals surface area (Å²) in [5, 5.41) is 0. The maximum atomic E-state index is 11.4. The Balaban J connectivity index is 2.49. The molecule has 0 saturated carbocycles. The van der Waals surface area contributed by atoms with Gasteiger partial charge in [-0.15, -0.1) is 4.40 Å². The molecule has 1 aromatic carbocycles. The lowest BCUT2D eigenvalue weighted by molar-refractivity contribution is 0.217. The minimum Gasteiger partial charge on any atom is -0.490 e. The molecule has 0 amide bonds. The van der Waals surface area contributed by atoms with Gasteiger partial charge >= 0.3 is 10.2 Å². The fraction of sp³-hybridized carbons (Fsp3) is 0.364. The topological polar surface area (TPSA) is 93.8 Å². The number of hydrogen-bond donors (Lipinski definition) is 2. The molecule has 1 atom stereocenters. The van der Waals surface area contributed by atoms with Crippen molar-refractivity contribution in [3.8, 4) is 5.75 Å². The van der Waals surface area contributed by atoms with E-state index in [1.54, 1.807) is 18.2 Å². The van der Waals surface area contributed by atoms with Crippen molar-refractivity contribution in [1.29, 1.82) is 0 Å². The average molecular weight is 269 g/mol. The summed E-state index contributed by atoms with van der Waals surface area (Å²) >= 11 is 0. The minimum atomic E-state index is -3.74. The zero-order valence-electron chi connectivity index (χ0n) is 10.2. The maximum absolute atomic E-state index is 11.4. The predicted octanol–water partition coefficient (Wildman–Crippen LogP) is 1.24. The van der Waals surface area contributed by atoms with Crippen LogP contribution in [-0.4, -0.2) is 20.4 Å². The molecule has 6 nitrogen and oxygen atoms in total. The van der Waals surface area contributed by atoms with E-state index in [2.05, 4.69) is 9.12 Å². The third-order valence-electron chi connectivity index (χ3n) is 2.64. The molecule has 3 N–H and O–H groups in total. The zero-order valence-corrected chi connectivity index (χ0v) is 11.0. The van der Waals surface area contributed by atoms with Gasteiger partial charge in [0.2, 0.25) is 0 Å². The maximum Gasteiger partial charge on any atom is 0.344 e. The molecule has 0 radical (unpaired) electrons. The molecular weight excluding hydrogens is 254 g/mol. The molecule has 0 aromatic heterocycles. The Morgan fingerprint density at radius 1 is 1.50 bits per heavy atom. The summed E-state index contributed by atoms with van der Waals surface area (Å²) in [4.78, 5) is 0. The van der Waals surface area contributed by atoms with Crippen LogP contribution in [0.1, 0.15) is 25.8 Å². The summed E-state index contributed by atoms with van der Waals surface area (Å²) in [5.41, 5.74) is 6.58. The second kappa shape index (κ2) is 4.49. The van der Waals surface area contributed by atoms with Crippen LogP contribution in [0.4, 0.5) is 5.69 Å². The summed E-state index contributed by atoms with van der Waals surface area (Å²) in [6.45, 7) is 3.93. The van der Waals surface area contributed by atoms with Crippen molar-refractivity contribution in [3.05, 3.63) is 23.8 Å². The molecule has 0 aliphatic carbocycles. The lowest BCUT2D eigenvalue weighted by Gasteiger charge is -2.21. The Morgan fingerprint density at radius 3 is 2.89 bits per heavy atom. The van der Waals surface area contributed by atoms with Crippen molar-refractivity contribution in [2.24, 2.45) is 10.1 Å². The lowest BCUT2D eigenvalue weighted by atomic mass is 10.1. The van der Waals surface area contributed by atoms with E-state index in [1.165, 1.54) is 0 Å². The third-order valence-corrected chi connectivity index (χ3v) is 3.56. The van der Waals surface area contributed by atoms with Crippen LogP contribution >= 0.6 is 0 Å². The van der Waals surface area contributed by atoms with Gasteiger partial charge < -0.3 is 10.5 Å². The van der Waals surface area contributed by atoms with Crippen LogP contribution in [0.15, 0.2) is 22.6 Å².